The molecular weight excluding hydrogens is 124 g/mol. The number of nitrogens with zero attached hydrogens (tertiary/aromatic N) is 1. The molecule has 0 aromatic carbocycles. The zero-order valence-corrected chi connectivity index (χ0v) is 5.91. The third-order valence-electron chi connectivity index (χ3n) is 1.30. The van der Waals surface area contributed by atoms with E-state index in [-0.39, 0.29) is 0 Å². The fraction of sp³-hybridized carbons (Fsp3) is 0.125. The highest BCUT2D eigenvalue weighted by molar-refractivity contribution is 5.47. The van der Waals surface area contributed by atoms with Crippen molar-refractivity contribution in [3.05, 3.63) is 35.8 Å². The van der Waals surface area contributed by atoms with Crippen LogP contribution in [0.25, 0.3) is 6.08 Å². The molecule has 0 fully saturated rings. The molecule has 0 aliphatic carbocycles. The van der Waals surface area contributed by atoms with Gasteiger partial charge in [-0.1, -0.05) is 6.07 Å². The molecular formula is C8H10N2. The van der Waals surface area contributed by atoms with Crippen molar-refractivity contribution in [2.75, 3.05) is 0 Å². The number of aryl methyl sites for hydroxylation is 1. The van der Waals surface area contributed by atoms with Crippen molar-refractivity contribution >= 4 is 6.08 Å². The minimum Gasteiger partial charge on any atom is -0.405 e. The number of pyridine rings is 1. The smallest absolute Gasteiger partial charge is 0.0673 e. The zero-order chi connectivity index (χ0) is 7.40. The molecule has 0 aliphatic heterocycles. The lowest BCUT2D eigenvalue weighted by Crippen LogP contribution is -1.85. The van der Waals surface area contributed by atoms with Gasteiger partial charge in [0.1, 0.15) is 0 Å². The van der Waals surface area contributed by atoms with Crippen molar-refractivity contribution in [1.29, 1.82) is 0 Å². The van der Waals surface area contributed by atoms with E-state index in [9.17, 15) is 0 Å². The summed E-state index contributed by atoms with van der Waals surface area (Å²) in [6.07, 6.45) is 5.03. The van der Waals surface area contributed by atoms with E-state index in [0.29, 0.717) is 0 Å². The predicted molar refractivity (Wildman–Crippen MR) is 42.2 cm³/mol. The Labute approximate surface area is 60.4 Å². The van der Waals surface area contributed by atoms with Crippen molar-refractivity contribution in [2.24, 2.45) is 5.73 Å². The predicted octanol–water partition coefficient (Wildman–Crippen LogP) is 1.32. The molecule has 0 bridgehead atoms. The van der Waals surface area contributed by atoms with Crippen molar-refractivity contribution < 1.29 is 0 Å². The molecule has 1 heterocycles. The highest BCUT2D eigenvalue weighted by atomic mass is 14.7. The summed E-state index contributed by atoms with van der Waals surface area (Å²) in [6, 6.07) is 3.91. The quantitative estimate of drug-likeness (QED) is 0.629. The van der Waals surface area contributed by atoms with Crippen molar-refractivity contribution in [1.82, 2.24) is 4.98 Å². The molecule has 1 aromatic heterocycles. The number of hydrogen-bond acceptors (Lipinski definition) is 2. The van der Waals surface area contributed by atoms with E-state index in [2.05, 4.69) is 4.98 Å². The first-order chi connectivity index (χ1) is 4.84. The van der Waals surface area contributed by atoms with Gasteiger partial charge in [-0.05, 0) is 30.8 Å². The summed E-state index contributed by atoms with van der Waals surface area (Å²) in [5.74, 6) is 0. The van der Waals surface area contributed by atoms with Gasteiger partial charge >= 0.3 is 0 Å². The van der Waals surface area contributed by atoms with Gasteiger partial charge in [-0.15, -0.1) is 0 Å². The summed E-state index contributed by atoms with van der Waals surface area (Å²) in [5, 5.41) is 0. The second-order valence-corrected chi connectivity index (χ2v) is 2.06. The van der Waals surface area contributed by atoms with Gasteiger partial charge in [0.15, 0.2) is 0 Å². The Hall–Kier alpha value is -1.31. The first-order valence-electron chi connectivity index (χ1n) is 3.14. The van der Waals surface area contributed by atoms with Gasteiger partial charge in [0.25, 0.3) is 0 Å². The Kier molecular flexibility index (Phi) is 2.05. The van der Waals surface area contributed by atoms with Crippen LogP contribution in [0.3, 0.4) is 0 Å². The number of hydrogen-bond donors (Lipinski definition) is 1. The van der Waals surface area contributed by atoms with Crippen LogP contribution in [0.1, 0.15) is 11.3 Å². The van der Waals surface area contributed by atoms with Crippen LogP contribution in [0.5, 0.6) is 0 Å². The lowest BCUT2D eigenvalue weighted by Gasteiger charge is -1.94. The van der Waals surface area contributed by atoms with Crippen LogP contribution in [-0.2, 0) is 0 Å². The Morgan fingerprint density at radius 1 is 1.60 bits per heavy atom. The van der Waals surface area contributed by atoms with Crippen LogP contribution in [0, 0.1) is 6.92 Å². The van der Waals surface area contributed by atoms with Crippen LogP contribution in [0.15, 0.2) is 24.5 Å². The van der Waals surface area contributed by atoms with Gasteiger partial charge < -0.3 is 5.73 Å². The molecule has 0 saturated heterocycles. The number of nitrogens with two attached hydrogens (primary N) is 1. The largest absolute Gasteiger partial charge is 0.405 e. The van der Waals surface area contributed by atoms with Gasteiger partial charge in [0, 0.05) is 6.20 Å². The topological polar surface area (TPSA) is 38.9 Å². The Bertz CT molecular complexity index is 241. The molecule has 2 N–H and O–H groups in total. The molecule has 0 atom stereocenters. The van der Waals surface area contributed by atoms with E-state index in [4.69, 9.17) is 5.73 Å². The molecule has 0 saturated carbocycles. The SMILES string of the molecule is Cc1cccnc1/C=C\N. The van der Waals surface area contributed by atoms with Gasteiger partial charge in [-0.25, -0.2) is 0 Å². The first kappa shape index (κ1) is 6.81. The molecule has 0 spiro atoms. The van der Waals surface area contributed by atoms with Gasteiger partial charge in [0.2, 0.25) is 0 Å². The standard InChI is InChI=1S/C8H10N2/c1-7-3-2-6-10-8(7)4-5-9/h2-6H,9H2,1H3/b5-4-. The molecule has 0 unspecified atom stereocenters. The Balaban J connectivity index is 3.03. The van der Waals surface area contributed by atoms with Gasteiger partial charge in [-0.3, -0.25) is 4.98 Å². The molecule has 2 heteroatoms. The van der Waals surface area contributed by atoms with Crippen LogP contribution in [-0.4, -0.2) is 4.98 Å². The highest BCUT2D eigenvalue weighted by Crippen LogP contribution is 2.03. The van der Waals surface area contributed by atoms with Crippen LogP contribution >= 0.6 is 0 Å². The summed E-state index contributed by atoms with van der Waals surface area (Å²) in [7, 11) is 0. The normalized spacial score (nSPS) is 10.5. The Morgan fingerprint density at radius 3 is 3.00 bits per heavy atom. The van der Waals surface area contributed by atoms with E-state index in [1.54, 1.807) is 12.3 Å². The average molecular weight is 134 g/mol. The van der Waals surface area contributed by atoms with Crippen LogP contribution in [0.4, 0.5) is 0 Å². The highest BCUT2D eigenvalue weighted by Gasteiger charge is 1.89. The lowest BCUT2D eigenvalue weighted by molar-refractivity contribution is 1.23. The number of aromatic nitrogens is 1. The first-order valence-corrected chi connectivity index (χ1v) is 3.14. The third-order valence-corrected chi connectivity index (χ3v) is 1.30. The van der Waals surface area contributed by atoms with Crippen LogP contribution < -0.4 is 5.73 Å². The molecule has 1 rings (SSSR count). The molecule has 0 aliphatic rings. The number of rotatable bonds is 1. The van der Waals surface area contributed by atoms with Gasteiger partial charge in [-0.2, -0.15) is 0 Å². The van der Waals surface area contributed by atoms with Gasteiger partial charge in [0.05, 0.1) is 5.69 Å². The second-order valence-electron chi connectivity index (χ2n) is 2.06. The lowest BCUT2D eigenvalue weighted by atomic mass is 10.2. The monoisotopic (exact) mass is 134 g/mol. The summed E-state index contributed by atoms with van der Waals surface area (Å²) in [4.78, 5) is 4.10. The molecule has 52 valence electrons. The zero-order valence-electron chi connectivity index (χ0n) is 5.91. The van der Waals surface area contributed by atoms with E-state index in [0.717, 1.165) is 11.3 Å². The van der Waals surface area contributed by atoms with Crippen molar-refractivity contribution in [3.63, 3.8) is 0 Å². The molecule has 0 radical (unpaired) electrons. The molecule has 1 aromatic rings. The maximum atomic E-state index is 5.21. The molecule has 10 heavy (non-hydrogen) atoms. The minimum absolute atomic E-state index is 0.935. The summed E-state index contributed by atoms with van der Waals surface area (Å²) < 4.78 is 0. The van der Waals surface area contributed by atoms with E-state index in [1.807, 2.05) is 19.1 Å². The minimum atomic E-state index is 0.935. The Morgan fingerprint density at radius 2 is 2.40 bits per heavy atom. The van der Waals surface area contributed by atoms with E-state index < -0.39 is 0 Å². The summed E-state index contributed by atoms with van der Waals surface area (Å²) in [6.45, 7) is 2.00. The van der Waals surface area contributed by atoms with E-state index >= 15 is 0 Å². The third kappa shape index (κ3) is 1.35. The van der Waals surface area contributed by atoms with Crippen molar-refractivity contribution in [2.45, 2.75) is 6.92 Å². The fourth-order valence-electron chi connectivity index (χ4n) is 0.764. The molecule has 2 nitrogen and oxygen atoms in total. The van der Waals surface area contributed by atoms with Crippen molar-refractivity contribution in [3.8, 4) is 0 Å². The fourth-order valence-corrected chi connectivity index (χ4v) is 0.764. The summed E-state index contributed by atoms with van der Waals surface area (Å²) in [5.41, 5.74) is 7.29. The maximum absolute atomic E-state index is 5.21. The van der Waals surface area contributed by atoms with E-state index in [1.165, 1.54) is 6.20 Å². The second kappa shape index (κ2) is 3.01. The maximum Gasteiger partial charge on any atom is 0.0673 e. The van der Waals surface area contributed by atoms with Crippen LogP contribution in [0.2, 0.25) is 0 Å². The molecule has 0 amide bonds. The summed E-state index contributed by atoms with van der Waals surface area (Å²) >= 11 is 0. The average Bonchev–Trinajstić information content (AvgIpc) is 1.94.